The summed E-state index contributed by atoms with van der Waals surface area (Å²) in [7, 11) is 0. The minimum Gasteiger partial charge on any atom is -0.299 e. The van der Waals surface area contributed by atoms with Crippen molar-refractivity contribution in [2.45, 2.75) is 79.1 Å². The van der Waals surface area contributed by atoms with Gasteiger partial charge in [0.15, 0.2) is 0 Å². The minimum absolute atomic E-state index is 0.0745. The molecule has 0 aromatic heterocycles. The molecule has 0 aliphatic heterocycles. The Labute approximate surface area is 107 Å². The second kappa shape index (κ2) is 6.56. The van der Waals surface area contributed by atoms with E-state index in [1.807, 2.05) is 0 Å². The second-order valence-electron chi connectivity index (χ2n) is 6.79. The molecule has 1 rings (SSSR count). The van der Waals surface area contributed by atoms with Gasteiger partial charge in [-0.15, -0.1) is 0 Å². The van der Waals surface area contributed by atoms with Crippen LogP contribution < -0.4 is 0 Å². The molecule has 1 saturated carbocycles. The van der Waals surface area contributed by atoms with Crippen molar-refractivity contribution in [2.75, 3.05) is 0 Å². The molecule has 1 aliphatic rings. The molecule has 0 N–H and O–H groups in total. The van der Waals surface area contributed by atoms with Crippen molar-refractivity contribution in [3.05, 3.63) is 0 Å². The molecule has 0 spiro atoms. The van der Waals surface area contributed by atoms with Crippen LogP contribution in [0, 0.1) is 17.3 Å². The number of carbonyl (C=O) groups excluding carboxylic acids is 1. The molecule has 100 valence electrons. The van der Waals surface area contributed by atoms with Crippen molar-refractivity contribution < 1.29 is 4.79 Å². The quantitative estimate of drug-likeness (QED) is 0.611. The van der Waals surface area contributed by atoms with E-state index >= 15 is 0 Å². The van der Waals surface area contributed by atoms with Crippen molar-refractivity contribution >= 4 is 5.78 Å². The van der Waals surface area contributed by atoms with Gasteiger partial charge in [0.2, 0.25) is 0 Å². The lowest BCUT2D eigenvalue weighted by Gasteiger charge is -2.29. The van der Waals surface area contributed by atoms with Gasteiger partial charge >= 0.3 is 0 Å². The van der Waals surface area contributed by atoms with Crippen molar-refractivity contribution in [2.24, 2.45) is 17.3 Å². The maximum Gasteiger partial charge on any atom is 0.139 e. The molecule has 17 heavy (non-hydrogen) atoms. The second-order valence-corrected chi connectivity index (χ2v) is 6.79. The normalized spacial score (nSPS) is 19.2. The molecule has 0 atom stereocenters. The molecule has 1 aliphatic carbocycles. The molecule has 0 aromatic rings. The van der Waals surface area contributed by atoms with Gasteiger partial charge in [-0.3, -0.25) is 4.79 Å². The third kappa shape index (κ3) is 4.44. The number of carbonyl (C=O) groups is 1. The summed E-state index contributed by atoms with van der Waals surface area (Å²) in [5.74, 6) is 1.96. The van der Waals surface area contributed by atoms with Crippen molar-refractivity contribution in [1.29, 1.82) is 0 Å². The predicted octanol–water partition coefficient (Wildman–Crippen LogP) is 4.99. The van der Waals surface area contributed by atoms with Crippen LogP contribution in [0.1, 0.15) is 79.1 Å². The average molecular weight is 238 g/mol. The molecular formula is C16H30O. The van der Waals surface area contributed by atoms with Gasteiger partial charge in [0.05, 0.1) is 0 Å². The third-order valence-corrected chi connectivity index (χ3v) is 4.14. The first-order valence-corrected chi connectivity index (χ1v) is 7.49. The van der Waals surface area contributed by atoms with Gasteiger partial charge in [0, 0.05) is 11.8 Å². The monoisotopic (exact) mass is 238 g/mol. The Kier molecular flexibility index (Phi) is 5.69. The van der Waals surface area contributed by atoms with E-state index in [4.69, 9.17) is 0 Å². The van der Waals surface area contributed by atoms with Crippen molar-refractivity contribution in [3.8, 4) is 0 Å². The van der Waals surface area contributed by atoms with E-state index in [0.29, 0.717) is 11.7 Å². The van der Waals surface area contributed by atoms with Crippen LogP contribution in [-0.4, -0.2) is 5.78 Å². The van der Waals surface area contributed by atoms with Crippen LogP contribution in [-0.2, 0) is 4.79 Å². The van der Waals surface area contributed by atoms with Gasteiger partial charge in [-0.2, -0.15) is 0 Å². The molecule has 0 amide bonds. The van der Waals surface area contributed by atoms with E-state index in [-0.39, 0.29) is 5.41 Å². The predicted molar refractivity (Wildman–Crippen MR) is 74.1 cm³/mol. The maximum atomic E-state index is 12.5. The Hall–Kier alpha value is -0.330. The van der Waals surface area contributed by atoms with E-state index in [2.05, 4.69) is 27.7 Å². The summed E-state index contributed by atoms with van der Waals surface area (Å²) in [4.78, 5) is 12.5. The number of ketones is 1. The van der Waals surface area contributed by atoms with Gasteiger partial charge < -0.3 is 0 Å². The summed E-state index contributed by atoms with van der Waals surface area (Å²) in [6, 6.07) is 0. The van der Waals surface area contributed by atoms with E-state index in [0.717, 1.165) is 38.0 Å². The number of Topliss-reactive ketones (excluding diaryl/α,β-unsaturated/α-hetero) is 1. The first-order valence-electron chi connectivity index (χ1n) is 7.49. The summed E-state index contributed by atoms with van der Waals surface area (Å²) < 4.78 is 0. The SMILES string of the molecule is CC(C)CCCC(=O)C1(CC(C)C)CCCC1. The Bertz CT molecular complexity index is 234. The van der Waals surface area contributed by atoms with E-state index < -0.39 is 0 Å². The van der Waals surface area contributed by atoms with Gasteiger partial charge in [-0.05, 0) is 37.5 Å². The van der Waals surface area contributed by atoms with Gasteiger partial charge in [-0.1, -0.05) is 47.0 Å². The highest BCUT2D eigenvalue weighted by atomic mass is 16.1. The van der Waals surface area contributed by atoms with Crippen LogP contribution >= 0.6 is 0 Å². The lowest BCUT2D eigenvalue weighted by Crippen LogP contribution is -2.29. The maximum absolute atomic E-state index is 12.5. The molecule has 0 aromatic carbocycles. The molecule has 1 heteroatoms. The first kappa shape index (κ1) is 14.7. The Morgan fingerprint density at radius 2 is 1.65 bits per heavy atom. The van der Waals surface area contributed by atoms with Crippen LogP contribution in [0.5, 0.6) is 0 Å². The average Bonchev–Trinajstić information content (AvgIpc) is 2.65. The lowest BCUT2D eigenvalue weighted by molar-refractivity contribution is -0.129. The highest BCUT2D eigenvalue weighted by Crippen LogP contribution is 2.44. The molecule has 0 radical (unpaired) electrons. The fourth-order valence-corrected chi connectivity index (χ4v) is 3.37. The zero-order valence-corrected chi connectivity index (χ0v) is 12.2. The summed E-state index contributed by atoms with van der Waals surface area (Å²) in [6.45, 7) is 8.98. The Morgan fingerprint density at radius 1 is 1.06 bits per heavy atom. The van der Waals surface area contributed by atoms with E-state index in [1.54, 1.807) is 0 Å². The standard InChI is InChI=1S/C16H30O/c1-13(2)8-7-9-15(17)16(12-14(3)4)10-5-6-11-16/h13-14H,5-12H2,1-4H3. The highest BCUT2D eigenvalue weighted by Gasteiger charge is 2.40. The number of hydrogen-bond acceptors (Lipinski definition) is 1. The third-order valence-electron chi connectivity index (χ3n) is 4.14. The molecule has 0 unspecified atom stereocenters. The molecular weight excluding hydrogens is 208 g/mol. The van der Waals surface area contributed by atoms with Gasteiger partial charge in [0.25, 0.3) is 0 Å². The fourth-order valence-electron chi connectivity index (χ4n) is 3.37. The molecule has 1 fully saturated rings. The lowest BCUT2D eigenvalue weighted by atomic mass is 9.73. The van der Waals surface area contributed by atoms with Crippen LogP contribution in [0.4, 0.5) is 0 Å². The number of rotatable bonds is 7. The summed E-state index contributed by atoms with van der Waals surface area (Å²) in [6.07, 6.45) is 9.08. The molecule has 0 bridgehead atoms. The molecule has 1 nitrogen and oxygen atoms in total. The Balaban J connectivity index is 2.49. The first-order chi connectivity index (χ1) is 7.96. The van der Waals surface area contributed by atoms with Crippen LogP contribution in [0.25, 0.3) is 0 Å². The zero-order chi connectivity index (χ0) is 12.9. The summed E-state index contributed by atoms with van der Waals surface area (Å²) in [5, 5.41) is 0. The van der Waals surface area contributed by atoms with Crippen LogP contribution in [0.3, 0.4) is 0 Å². The van der Waals surface area contributed by atoms with Gasteiger partial charge in [0.1, 0.15) is 5.78 Å². The van der Waals surface area contributed by atoms with E-state index in [1.165, 1.54) is 19.3 Å². The highest BCUT2D eigenvalue weighted by molar-refractivity contribution is 5.85. The largest absolute Gasteiger partial charge is 0.299 e. The fraction of sp³-hybridized carbons (Fsp3) is 0.938. The van der Waals surface area contributed by atoms with Crippen molar-refractivity contribution in [3.63, 3.8) is 0 Å². The smallest absolute Gasteiger partial charge is 0.139 e. The van der Waals surface area contributed by atoms with E-state index in [9.17, 15) is 4.79 Å². The topological polar surface area (TPSA) is 17.1 Å². The van der Waals surface area contributed by atoms with Crippen LogP contribution in [0.15, 0.2) is 0 Å². The molecule has 0 saturated heterocycles. The zero-order valence-electron chi connectivity index (χ0n) is 12.2. The van der Waals surface area contributed by atoms with Gasteiger partial charge in [-0.25, -0.2) is 0 Å². The number of hydrogen-bond donors (Lipinski definition) is 0. The Morgan fingerprint density at radius 3 is 2.12 bits per heavy atom. The summed E-state index contributed by atoms with van der Waals surface area (Å²) >= 11 is 0. The minimum atomic E-state index is 0.0745. The van der Waals surface area contributed by atoms with Crippen molar-refractivity contribution in [1.82, 2.24) is 0 Å². The molecule has 0 heterocycles. The summed E-state index contributed by atoms with van der Waals surface area (Å²) in [5.41, 5.74) is 0.0745. The van der Waals surface area contributed by atoms with Crippen LogP contribution in [0.2, 0.25) is 0 Å².